The lowest BCUT2D eigenvalue weighted by molar-refractivity contribution is 0.229. The van der Waals surface area contributed by atoms with Gasteiger partial charge < -0.3 is 5.11 Å². The largest absolute Gasteiger partial charge is 0.389 e. The molecule has 1 heteroatoms. The highest BCUT2D eigenvalue weighted by Gasteiger charge is 2.03. The second-order valence-electron chi connectivity index (χ2n) is 2.05. The molecule has 1 N–H and O–H groups in total. The van der Waals surface area contributed by atoms with E-state index in [4.69, 9.17) is 5.11 Å². The molecule has 0 amide bonds. The van der Waals surface area contributed by atoms with Crippen molar-refractivity contribution in [1.82, 2.24) is 0 Å². The number of aliphatic hydroxyl groups is 1. The van der Waals surface area contributed by atoms with Crippen molar-refractivity contribution in [2.45, 2.75) is 19.4 Å². The lowest BCUT2D eigenvalue weighted by Gasteiger charge is -2.01. The molecule has 0 spiro atoms. The fraction of sp³-hybridized carbons (Fsp3) is 0.429. The molecule has 0 unspecified atom stereocenters. The van der Waals surface area contributed by atoms with Crippen LogP contribution in [0.4, 0.5) is 0 Å². The van der Waals surface area contributed by atoms with Gasteiger partial charge in [-0.05, 0) is 18.9 Å². The van der Waals surface area contributed by atoms with Gasteiger partial charge in [-0.1, -0.05) is 18.2 Å². The van der Waals surface area contributed by atoms with E-state index in [0.717, 1.165) is 12.0 Å². The second-order valence-corrected chi connectivity index (χ2v) is 2.05. The molecule has 0 bridgehead atoms. The average molecular weight is 110 g/mol. The smallest absolute Gasteiger partial charge is 0.0728 e. The van der Waals surface area contributed by atoms with E-state index >= 15 is 0 Å². The zero-order valence-corrected chi connectivity index (χ0v) is 4.96. The van der Waals surface area contributed by atoms with Crippen LogP contribution in [0, 0.1) is 0 Å². The van der Waals surface area contributed by atoms with Crippen molar-refractivity contribution in [1.29, 1.82) is 0 Å². The molecule has 0 saturated carbocycles. The van der Waals surface area contributed by atoms with E-state index in [1.165, 1.54) is 0 Å². The number of hydrogen-bond donors (Lipinski definition) is 1. The Morgan fingerprint density at radius 1 is 1.75 bits per heavy atom. The molecule has 0 saturated heterocycles. The maximum Gasteiger partial charge on any atom is 0.0728 e. The second kappa shape index (κ2) is 2.14. The quantitative estimate of drug-likeness (QED) is 0.538. The van der Waals surface area contributed by atoms with E-state index in [0.29, 0.717) is 0 Å². The van der Waals surface area contributed by atoms with Gasteiger partial charge in [-0.15, -0.1) is 0 Å². The first kappa shape index (κ1) is 5.57. The molecule has 0 fully saturated rings. The highest BCUT2D eigenvalue weighted by molar-refractivity contribution is 5.25. The van der Waals surface area contributed by atoms with Crippen LogP contribution in [0.2, 0.25) is 0 Å². The maximum absolute atomic E-state index is 8.94. The summed E-state index contributed by atoms with van der Waals surface area (Å²) in [6.45, 7) is 1.79. The SMILES string of the molecule is C[C@H](O)C1=CC=CC1. The predicted molar refractivity (Wildman–Crippen MR) is 33.5 cm³/mol. The minimum atomic E-state index is -0.259. The molecule has 44 valence electrons. The van der Waals surface area contributed by atoms with Gasteiger partial charge in [-0.3, -0.25) is 0 Å². The van der Waals surface area contributed by atoms with E-state index in [1.807, 2.05) is 18.2 Å². The highest BCUT2D eigenvalue weighted by Crippen LogP contribution is 2.13. The van der Waals surface area contributed by atoms with Crippen LogP contribution >= 0.6 is 0 Å². The average Bonchev–Trinajstić information content (AvgIpc) is 2.12. The third-order valence-electron chi connectivity index (χ3n) is 1.34. The van der Waals surface area contributed by atoms with Crippen LogP contribution in [0.15, 0.2) is 23.8 Å². The van der Waals surface area contributed by atoms with Crippen LogP contribution in [0.3, 0.4) is 0 Å². The summed E-state index contributed by atoms with van der Waals surface area (Å²) in [5, 5.41) is 8.94. The van der Waals surface area contributed by atoms with Gasteiger partial charge in [0.1, 0.15) is 0 Å². The topological polar surface area (TPSA) is 20.2 Å². The Bertz CT molecular complexity index is 131. The number of hydrogen-bond acceptors (Lipinski definition) is 1. The number of allylic oxidation sites excluding steroid dienone is 3. The van der Waals surface area contributed by atoms with Crippen molar-refractivity contribution in [3.63, 3.8) is 0 Å². The Morgan fingerprint density at radius 3 is 2.75 bits per heavy atom. The van der Waals surface area contributed by atoms with E-state index in [1.54, 1.807) is 6.92 Å². The van der Waals surface area contributed by atoms with Gasteiger partial charge in [0.15, 0.2) is 0 Å². The first-order valence-electron chi connectivity index (χ1n) is 2.84. The van der Waals surface area contributed by atoms with Gasteiger partial charge in [-0.25, -0.2) is 0 Å². The third-order valence-corrected chi connectivity index (χ3v) is 1.34. The molecule has 1 rings (SSSR count). The fourth-order valence-electron chi connectivity index (χ4n) is 0.774. The monoisotopic (exact) mass is 110 g/mol. The van der Waals surface area contributed by atoms with Crippen LogP contribution in [0.1, 0.15) is 13.3 Å². The zero-order valence-electron chi connectivity index (χ0n) is 4.96. The number of aliphatic hydroxyl groups excluding tert-OH is 1. The Labute approximate surface area is 49.3 Å². The van der Waals surface area contributed by atoms with Crippen LogP contribution in [-0.4, -0.2) is 11.2 Å². The van der Waals surface area contributed by atoms with Crippen molar-refractivity contribution in [2.75, 3.05) is 0 Å². The summed E-state index contributed by atoms with van der Waals surface area (Å²) in [5.41, 5.74) is 1.12. The molecular weight excluding hydrogens is 100 g/mol. The Morgan fingerprint density at radius 2 is 2.50 bits per heavy atom. The summed E-state index contributed by atoms with van der Waals surface area (Å²) >= 11 is 0. The van der Waals surface area contributed by atoms with E-state index in [-0.39, 0.29) is 6.10 Å². The minimum Gasteiger partial charge on any atom is -0.389 e. The molecule has 0 aromatic carbocycles. The molecule has 1 atom stereocenters. The first-order chi connectivity index (χ1) is 3.80. The summed E-state index contributed by atoms with van der Waals surface area (Å²) in [4.78, 5) is 0. The molecular formula is C7H10O. The number of rotatable bonds is 1. The van der Waals surface area contributed by atoms with Crippen molar-refractivity contribution in [3.8, 4) is 0 Å². The summed E-state index contributed by atoms with van der Waals surface area (Å²) < 4.78 is 0. The highest BCUT2D eigenvalue weighted by atomic mass is 16.3. The molecule has 0 aromatic rings. The molecule has 1 aliphatic carbocycles. The third kappa shape index (κ3) is 0.984. The normalized spacial score (nSPS) is 21.0. The fourth-order valence-corrected chi connectivity index (χ4v) is 0.774. The molecule has 1 nitrogen and oxygen atoms in total. The predicted octanol–water partition coefficient (Wildman–Crippen LogP) is 1.25. The van der Waals surface area contributed by atoms with E-state index < -0.39 is 0 Å². The lowest BCUT2D eigenvalue weighted by atomic mass is 10.1. The van der Waals surface area contributed by atoms with E-state index in [2.05, 4.69) is 0 Å². The van der Waals surface area contributed by atoms with Crippen LogP contribution in [0.25, 0.3) is 0 Å². The van der Waals surface area contributed by atoms with Gasteiger partial charge in [0.25, 0.3) is 0 Å². The zero-order chi connectivity index (χ0) is 5.98. The standard InChI is InChI=1S/C7H10O/c1-6(8)7-4-2-3-5-7/h2-4,6,8H,5H2,1H3/t6-/m0/s1. The van der Waals surface area contributed by atoms with Gasteiger partial charge in [-0.2, -0.15) is 0 Å². The van der Waals surface area contributed by atoms with Gasteiger partial charge in [0, 0.05) is 0 Å². The van der Waals surface area contributed by atoms with Gasteiger partial charge >= 0.3 is 0 Å². The summed E-state index contributed by atoms with van der Waals surface area (Å²) in [5.74, 6) is 0. The van der Waals surface area contributed by atoms with Gasteiger partial charge in [0.2, 0.25) is 0 Å². The molecule has 0 radical (unpaired) electrons. The molecule has 0 aromatic heterocycles. The Balaban J connectivity index is 2.51. The molecule has 8 heavy (non-hydrogen) atoms. The van der Waals surface area contributed by atoms with Crippen molar-refractivity contribution < 1.29 is 5.11 Å². The van der Waals surface area contributed by atoms with Crippen molar-refractivity contribution in [2.24, 2.45) is 0 Å². The van der Waals surface area contributed by atoms with Crippen molar-refractivity contribution in [3.05, 3.63) is 23.8 Å². The van der Waals surface area contributed by atoms with Crippen molar-refractivity contribution >= 4 is 0 Å². The summed E-state index contributed by atoms with van der Waals surface area (Å²) in [6.07, 6.45) is 6.65. The lowest BCUT2D eigenvalue weighted by Crippen LogP contribution is -2.01. The molecule has 0 heterocycles. The summed E-state index contributed by atoms with van der Waals surface area (Å²) in [6, 6.07) is 0. The maximum atomic E-state index is 8.94. The Kier molecular flexibility index (Phi) is 1.49. The van der Waals surface area contributed by atoms with Crippen LogP contribution in [0.5, 0.6) is 0 Å². The van der Waals surface area contributed by atoms with Gasteiger partial charge in [0.05, 0.1) is 6.10 Å². The molecule has 0 aliphatic heterocycles. The minimum absolute atomic E-state index is 0.259. The van der Waals surface area contributed by atoms with Crippen LogP contribution in [-0.2, 0) is 0 Å². The Hall–Kier alpha value is -0.560. The van der Waals surface area contributed by atoms with E-state index in [9.17, 15) is 0 Å². The first-order valence-corrected chi connectivity index (χ1v) is 2.84. The van der Waals surface area contributed by atoms with Crippen LogP contribution < -0.4 is 0 Å². The molecule has 1 aliphatic rings. The summed E-state index contributed by atoms with van der Waals surface area (Å²) in [7, 11) is 0.